The molecule has 10 nitrogen and oxygen atoms in total. The summed E-state index contributed by atoms with van der Waals surface area (Å²) in [7, 11) is 0. The number of anilines is 1. The van der Waals surface area contributed by atoms with Gasteiger partial charge in [0.1, 0.15) is 30.3 Å². The molecule has 0 bridgehead atoms. The van der Waals surface area contributed by atoms with Gasteiger partial charge in [-0.05, 0) is 58.3 Å². The van der Waals surface area contributed by atoms with Crippen LogP contribution in [0.1, 0.15) is 16.7 Å². The minimum atomic E-state index is -0.875. The Labute approximate surface area is 257 Å². The molecule has 45 heavy (non-hydrogen) atoms. The predicted molar refractivity (Wildman–Crippen MR) is 168 cm³/mol. The molecule has 1 N–H and O–H groups in total. The van der Waals surface area contributed by atoms with E-state index in [-0.39, 0.29) is 23.6 Å². The number of non-ortho nitro benzene ring substituents is 1. The van der Waals surface area contributed by atoms with E-state index in [2.05, 4.69) is 5.32 Å². The van der Waals surface area contributed by atoms with Crippen LogP contribution in [0.3, 0.4) is 0 Å². The summed E-state index contributed by atoms with van der Waals surface area (Å²) in [6.45, 7) is 0.348. The molecule has 1 heterocycles. The number of carbonyl (C=O) groups excluding carboxylic acids is 3. The maximum Gasteiger partial charge on any atom is 0.335 e. The number of fused-ring (bicyclic) bond motifs is 1. The molecule has 10 heteroatoms. The van der Waals surface area contributed by atoms with Crippen LogP contribution in [0, 0.1) is 10.1 Å². The number of nitrogens with one attached hydrogen (secondary N) is 1. The van der Waals surface area contributed by atoms with Gasteiger partial charge in [0.25, 0.3) is 17.5 Å². The molecule has 222 valence electrons. The molecule has 4 amide bonds. The molecule has 1 aliphatic heterocycles. The van der Waals surface area contributed by atoms with E-state index < -0.39 is 22.8 Å². The van der Waals surface area contributed by atoms with E-state index in [9.17, 15) is 24.5 Å². The smallest absolute Gasteiger partial charge is 0.335 e. The van der Waals surface area contributed by atoms with Gasteiger partial charge in [0.15, 0.2) is 0 Å². The topological polar surface area (TPSA) is 128 Å². The Hall–Kier alpha value is -6.29. The molecule has 5 aromatic rings. The summed E-state index contributed by atoms with van der Waals surface area (Å²) in [5, 5.41) is 15.0. The Bertz CT molecular complexity index is 1970. The van der Waals surface area contributed by atoms with Gasteiger partial charge in [-0.3, -0.25) is 25.0 Å². The Balaban J connectivity index is 1.30. The maximum atomic E-state index is 13.7. The number of nitro benzene ring substituents is 1. The first-order chi connectivity index (χ1) is 21.9. The number of nitro groups is 1. The van der Waals surface area contributed by atoms with Crippen molar-refractivity contribution in [2.75, 3.05) is 4.90 Å². The first-order valence-electron chi connectivity index (χ1n) is 13.9. The first-order valence-corrected chi connectivity index (χ1v) is 13.9. The second-order valence-corrected chi connectivity index (χ2v) is 10.1. The molecule has 0 radical (unpaired) electrons. The average Bonchev–Trinajstić information content (AvgIpc) is 3.06. The number of barbiturate groups is 1. The second kappa shape index (κ2) is 12.5. The van der Waals surface area contributed by atoms with Crippen LogP contribution in [0.2, 0.25) is 0 Å². The van der Waals surface area contributed by atoms with Crippen LogP contribution in [-0.2, 0) is 22.8 Å². The molecule has 1 saturated heterocycles. The quantitative estimate of drug-likeness (QED) is 0.0878. The monoisotopic (exact) mass is 599 g/mol. The van der Waals surface area contributed by atoms with Crippen molar-refractivity contribution in [2.24, 2.45) is 0 Å². The lowest BCUT2D eigenvalue weighted by Crippen LogP contribution is -2.54. The van der Waals surface area contributed by atoms with Crippen molar-refractivity contribution < 1.29 is 28.8 Å². The molecule has 5 aromatic carbocycles. The van der Waals surface area contributed by atoms with E-state index in [1.165, 1.54) is 18.2 Å². The Kier molecular flexibility index (Phi) is 8.02. The van der Waals surface area contributed by atoms with E-state index in [0.717, 1.165) is 15.8 Å². The normalized spacial score (nSPS) is 14.0. The summed E-state index contributed by atoms with van der Waals surface area (Å²) in [5.41, 5.74) is 1.91. The Morgan fingerprint density at radius 1 is 0.756 bits per heavy atom. The van der Waals surface area contributed by atoms with Crippen LogP contribution in [0.5, 0.6) is 11.5 Å². The van der Waals surface area contributed by atoms with Crippen LogP contribution in [0.15, 0.2) is 121 Å². The van der Waals surface area contributed by atoms with Crippen molar-refractivity contribution in [1.82, 2.24) is 5.32 Å². The number of hydrogen-bond donors (Lipinski definition) is 1. The minimum absolute atomic E-state index is 0.000358. The largest absolute Gasteiger partial charge is 0.489 e. The van der Waals surface area contributed by atoms with E-state index in [1.54, 1.807) is 42.5 Å². The van der Waals surface area contributed by atoms with Gasteiger partial charge in [0.2, 0.25) is 0 Å². The highest BCUT2D eigenvalue weighted by molar-refractivity contribution is 6.39. The van der Waals surface area contributed by atoms with Gasteiger partial charge < -0.3 is 9.47 Å². The third-order valence-electron chi connectivity index (χ3n) is 7.18. The lowest BCUT2D eigenvalue weighted by Gasteiger charge is -2.26. The van der Waals surface area contributed by atoms with E-state index in [0.29, 0.717) is 34.6 Å². The molecule has 6 rings (SSSR count). The summed E-state index contributed by atoms with van der Waals surface area (Å²) in [6, 6.07) is 32.2. The summed E-state index contributed by atoms with van der Waals surface area (Å²) in [6.07, 6.45) is 1.40. The van der Waals surface area contributed by atoms with Crippen molar-refractivity contribution in [3.8, 4) is 11.5 Å². The van der Waals surface area contributed by atoms with E-state index >= 15 is 0 Å². The number of carbonyl (C=O) groups is 3. The van der Waals surface area contributed by atoms with Crippen molar-refractivity contribution in [3.05, 3.63) is 148 Å². The molecule has 0 aromatic heterocycles. The first kappa shape index (κ1) is 28.8. The number of urea groups is 1. The summed E-state index contributed by atoms with van der Waals surface area (Å²) >= 11 is 0. The summed E-state index contributed by atoms with van der Waals surface area (Å²) in [5.74, 6) is -0.766. The van der Waals surface area contributed by atoms with Gasteiger partial charge in [-0.25, -0.2) is 9.69 Å². The molecule has 0 spiro atoms. The number of imide groups is 2. The number of ether oxygens (including phenoxy) is 2. The zero-order valence-corrected chi connectivity index (χ0v) is 23.7. The number of rotatable bonds is 9. The predicted octanol–water partition coefficient (Wildman–Crippen LogP) is 6.57. The molecule has 1 aliphatic rings. The van der Waals surface area contributed by atoms with Crippen LogP contribution in [0.25, 0.3) is 16.8 Å². The number of hydrogen-bond acceptors (Lipinski definition) is 7. The van der Waals surface area contributed by atoms with Crippen molar-refractivity contribution in [2.45, 2.75) is 13.2 Å². The van der Waals surface area contributed by atoms with Crippen molar-refractivity contribution in [1.29, 1.82) is 0 Å². The Morgan fingerprint density at radius 2 is 1.47 bits per heavy atom. The van der Waals surface area contributed by atoms with Crippen LogP contribution >= 0.6 is 0 Å². The molecule has 1 fully saturated rings. The highest BCUT2D eigenvalue weighted by Crippen LogP contribution is 2.33. The standard InChI is InChI=1S/C35H25N3O7/c39-33-31(34(40)37(35(41)36-33)26-14-16-28(17-15-26)44-21-23-7-2-1-3-8-23)20-30-29-12-5-4-10-25(29)13-18-32(30)45-22-24-9-6-11-27(19-24)38(42)43/h1-20H,21-22H2,(H,36,39,41)/b31-20+. The average molecular weight is 600 g/mol. The molecular weight excluding hydrogens is 574 g/mol. The third kappa shape index (κ3) is 6.25. The van der Waals surface area contributed by atoms with Gasteiger partial charge in [0.05, 0.1) is 10.6 Å². The number of amides is 4. The van der Waals surface area contributed by atoms with Gasteiger partial charge >= 0.3 is 6.03 Å². The zero-order chi connectivity index (χ0) is 31.3. The van der Waals surface area contributed by atoms with Crippen molar-refractivity contribution >= 4 is 46.1 Å². The SMILES string of the molecule is O=C1NC(=O)N(c2ccc(OCc3ccccc3)cc2)C(=O)/C1=C/c1c(OCc2cccc([N+](=O)[O-])c2)ccc2ccccc12. The fourth-order valence-electron chi connectivity index (χ4n) is 4.94. The zero-order valence-electron chi connectivity index (χ0n) is 23.7. The Morgan fingerprint density at radius 3 is 2.24 bits per heavy atom. The van der Waals surface area contributed by atoms with Crippen LogP contribution in [0.4, 0.5) is 16.2 Å². The van der Waals surface area contributed by atoms with Crippen molar-refractivity contribution in [3.63, 3.8) is 0 Å². The lowest BCUT2D eigenvalue weighted by atomic mass is 9.99. The lowest BCUT2D eigenvalue weighted by molar-refractivity contribution is -0.384. The van der Waals surface area contributed by atoms with Gasteiger partial charge in [-0.1, -0.05) is 72.8 Å². The van der Waals surface area contributed by atoms with Crippen LogP contribution < -0.4 is 19.7 Å². The molecule has 0 aliphatic carbocycles. The molecule has 0 saturated carbocycles. The van der Waals surface area contributed by atoms with E-state index in [4.69, 9.17) is 9.47 Å². The van der Waals surface area contributed by atoms with Gasteiger partial charge in [-0.2, -0.15) is 0 Å². The minimum Gasteiger partial charge on any atom is -0.489 e. The number of nitrogens with zero attached hydrogens (tertiary/aromatic N) is 2. The fraction of sp³-hybridized carbons (Fsp3) is 0.0571. The summed E-state index contributed by atoms with van der Waals surface area (Å²) < 4.78 is 11.9. The third-order valence-corrected chi connectivity index (χ3v) is 7.18. The van der Waals surface area contributed by atoms with Crippen LogP contribution in [-0.4, -0.2) is 22.8 Å². The summed E-state index contributed by atoms with van der Waals surface area (Å²) in [4.78, 5) is 51.2. The second-order valence-electron chi connectivity index (χ2n) is 10.1. The highest BCUT2D eigenvalue weighted by atomic mass is 16.6. The molecule has 0 atom stereocenters. The fourth-order valence-corrected chi connectivity index (χ4v) is 4.94. The van der Waals surface area contributed by atoms with E-state index in [1.807, 2.05) is 60.7 Å². The van der Waals surface area contributed by atoms with Gasteiger partial charge in [0, 0.05) is 17.7 Å². The maximum absolute atomic E-state index is 13.7. The van der Waals surface area contributed by atoms with Gasteiger partial charge in [-0.15, -0.1) is 0 Å². The highest BCUT2D eigenvalue weighted by Gasteiger charge is 2.37. The number of benzene rings is 5. The molecular formula is C35H25N3O7. The molecule has 0 unspecified atom stereocenters.